The van der Waals surface area contributed by atoms with Gasteiger partial charge in [-0.2, -0.15) is 4.99 Å². The molecule has 1 aliphatic rings. The molecule has 5 nitrogen and oxygen atoms in total. The quantitative estimate of drug-likeness (QED) is 0.665. The second kappa shape index (κ2) is 6.83. The Morgan fingerprint density at radius 1 is 1.21 bits per heavy atom. The number of carbonyl (C=O) groups is 1. The minimum absolute atomic E-state index is 0.00598. The Hall–Kier alpha value is -1.97. The number of benzene rings is 1. The van der Waals surface area contributed by atoms with Crippen LogP contribution in [0.25, 0.3) is 0 Å². The number of rotatable bonds is 4. The number of anilines is 1. The highest BCUT2D eigenvalue weighted by atomic mass is 16.2. The van der Waals surface area contributed by atoms with Crippen LogP contribution < -0.4 is 5.32 Å². The van der Waals surface area contributed by atoms with Crippen molar-refractivity contribution in [2.24, 2.45) is 4.99 Å². The molecule has 1 fully saturated rings. The van der Waals surface area contributed by atoms with Gasteiger partial charge in [0.15, 0.2) is 0 Å². The minimum Gasteiger partial charge on any atom is -0.325 e. The molecule has 19 heavy (non-hydrogen) atoms. The summed E-state index contributed by atoms with van der Waals surface area (Å²) in [7, 11) is 0. The molecule has 1 saturated heterocycles. The van der Waals surface area contributed by atoms with E-state index in [1.807, 2.05) is 0 Å². The predicted molar refractivity (Wildman–Crippen MR) is 73.1 cm³/mol. The Morgan fingerprint density at radius 3 is 2.53 bits per heavy atom. The van der Waals surface area contributed by atoms with E-state index in [9.17, 15) is 9.59 Å². The van der Waals surface area contributed by atoms with Crippen molar-refractivity contribution < 1.29 is 9.59 Å². The highest BCUT2D eigenvalue weighted by molar-refractivity contribution is 5.92. The number of isocyanates is 1. The molecule has 0 spiro atoms. The first kappa shape index (κ1) is 13.5. The molecule has 0 aliphatic carbocycles. The summed E-state index contributed by atoms with van der Waals surface area (Å²) in [5.41, 5.74) is 1.25. The zero-order chi connectivity index (χ0) is 13.5. The van der Waals surface area contributed by atoms with Gasteiger partial charge in [-0.3, -0.25) is 9.69 Å². The van der Waals surface area contributed by atoms with Crippen LogP contribution >= 0.6 is 0 Å². The van der Waals surface area contributed by atoms with Gasteiger partial charge in [0, 0.05) is 5.69 Å². The molecule has 1 N–H and O–H groups in total. The second-order valence-electron chi connectivity index (χ2n) is 4.63. The van der Waals surface area contributed by atoms with Crippen molar-refractivity contribution in [2.75, 3.05) is 25.0 Å². The van der Waals surface area contributed by atoms with Crippen LogP contribution in [0.3, 0.4) is 0 Å². The summed E-state index contributed by atoms with van der Waals surface area (Å²) in [6, 6.07) is 6.79. The summed E-state index contributed by atoms with van der Waals surface area (Å²) in [4.78, 5) is 27.6. The molecule has 0 unspecified atom stereocenters. The molecule has 1 amide bonds. The first-order valence-electron chi connectivity index (χ1n) is 6.48. The zero-order valence-electron chi connectivity index (χ0n) is 10.8. The lowest BCUT2D eigenvalue weighted by atomic mass is 10.1. The van der Waals surface area contributed by atoms with Crippen LogP contribution in [0.1, 0.15) is 19.3 Å². The second-order valence-corrected chi connectivity index (χ2v) is 4.63. The summed E-state index contributed by atoms with van der Waals surface area (Å²) >= 11 is 0. The van der Waals surface area contributed by atoms with Crippen LogP contribution in [0.15, 0.2) is 29.3 Å². The maximum Gasteiger partial charge on any atom is 0.240 e. The smallest absolute Gasteiger partial charge is 0.240 e. The predicted octanol–water partition coefficient (Wildman–Crippen LogP) is 2.08. The average molecular weight is 259 g/mol. The maximum absolute atomic E-state index is 11.9. The molecule has 0 aromatic heterocycles. The molecule has 100 valence electrons. The third kappa shape index (κ3) is 4.32. The lowest BCUT2D eigenvalue weighted by molar-refractivity contribution is -0.117. The molecule has 0 radical (unpaired) electrons. The lowest BCUT2D eigenvalue weighted by Crippen LogP contribution is -2.36. The Bertz CT molecular complexity index is 472. The first-order valence-corrected chi connectivity index (χ1v) is 6.48. The minimum atomic E-state index is -0.00598. The molecular formula is C14H17N3O2. The summed E-state index contributed by atoms with van der Waals surface area (Å²) in [5, 5.41) is 2.84. The Labute approximate surface area is 112 Å². The Balaban J connectivity index is 1.85. The Kier molecular flexibility index (Phi) is 4.84. The number of amides is 1. The summed E-state index contributed by atoms with van der Waals surface area (Å²) in [6.45, 7) is 2.44. The van der Waals surface area contributed by atoms with E-state index in [1.165, 1.54) is 25.3 Å². The number of piperidine rings is 1. The van der Waals surface area contributed by atoms with E-state index in [2.05, 4.69) is 15.2 Å². The van der Waals surface area contributed by atoms with Gasteiger partial charge in [0.05, 0.1) is 12.2 Å². The van der Waals surface area contributed by atoms with Crippen LogP contribution in [0.5, 0.6) is 0 Å². The van der Waals surface area contributed by atoms with Crippen molar-refractivity contribution in [3.05, 3.63) is 24.3 Å². The van der Waals surface area contributed by atoms with Crippen molar-refractivity contribution in [1.82, 2.24) is 4.90 Å². The van der Waals surface area contributed by atoms with Crippen molar-refractivity contribution in [3.8, 4) is 0 Å². The monoisotopic (exact) mass is 259 g/mol. The Morgan fingerprint density at radius 2 is 1.89 bits per heavy atom. The lowest BCUT2D eigenvalue weighted by Gasteiger charge is -2.25. The van der Waals surface area contributed by atoms with Gasteiger partial charge in [0.2, 0.25) is 12.0 Å². The van der Waals surface area contributed by atoms with Gasteiger partial charge in [-0.05, 0) is 50.2 Å². The average Bonchev–Trinajstić information content (AvgIpc) is 2.42. The van der Waals surface area contributed by atoms with Crippen LogP contribution in [-0.2, 0) is 9.59 Å². The molecule has 1 heterocycles. The van der Waals surface area contributed by atoms with Crippen LogP contribution in [0.2, 0.25) is 0 Å². The third-order valence-corrected chi connectivity index (χ3v) is 3.14. The fourth-order valence-corrected chi connectivity index (χ4v) is 2.19. The maximum atomic E-state index is 11.9. The number of nitrogens with zero attached hydrogens (tertiary/aromatic N) is 2. The third-order valence-electron chi connectivity index (χ3n) is 3.14. The number of likely N-dealkylation sites (tertiary alicyclic amines) is 1. The number of aliphatic imine (C=N–C) groups is 1. The number of nitrogens with one attached hydrogen (secondary N) is 1. The van der Waals surface area contributed by atoms with Crippen LogP contribution in [0.4, 0.5) is 11.4 Å². The first-order chi connectivity index (χ1) is 9.28. The van der Waals surface area contributed by atoms with Gasteiger partial charge < -0.3 is 5.32 Å². The molecule has 5 heteroatoms. The SMILES string of the molecule is O=C=Nc1ccc(NC(=O)CN2CCCCC2)cc1. The molecule has 0 saturated carbocycles. The number of carbonyl (C=O) groups excluding carboxylic acids is 2. The van der Waals surface area contributed by atoms with E-state index < -0.39 is 0 Å². The number of hydrogen-bond acceptors (Lipinski definition) is 4. The fourth-order valence-electron chi connectivity index (χ4n) is 2.19. The van der Waals surface area contributed by atoms with Crippen molar-refractivity contribution in [3.63, 3.8) is 0 Å². The van der Waals surface area contributed by atoms with Crippen molar-refractivity contribution in [2.45, 2.75) is 19.3 Å². The summed E-state index contributed by atoms with van der Waals surface area (Å²) in [5.74, 6) is -0.00598. The van der Waals surface area contributed by atoms with E-state index in [1.54, 1.807) is 24.3 Å². The van der Waals surface area contributed by atoms with Gasteiger partial charge >= 0.3 is 0 Å². The molecule has 0 bridgehead atoms. The van der Waals surface area contributed by atoms with E-state index in [0.717, 1.165) is 13.1 Å². The van der Waals surface area contributed by atoms with E-state index in [0.29, 0.717) is 17.9 Å². The van der Waals surface area contributed by atoms with E-state index in [4.69, 9.17) is 0 Å². The highest BCUT2D eigenvalue weighted by Crippen LogP contribution is 2.15. The van der Waals surface area contributed by atoms with Crippen LogP contribution in [0, 0.1) is 0 Å². The van der Waals surface area contributed by atoms with E-state index in [-0.39, 0.29) is 5.91 Å². The summed E-state index contributed by atoms with van der Waals surface area (Å²) in [6.07, 6.45) is 5.08. The van der Waals surface area contributed by atoms with Crippen LogP contribution in [-0.4, -0.2) is 36.5 Å². The standard InChI is InChI=1S/C14H17N3O2/c18-11-15-12-4-6-13(7-5-12)16-14(19)10-17-8-2-1-3-9-17/h4-7H,1-3,8-10H2,(H,16,19). The zero-order valence-corrected chi connectivity index (χ0v) is 10.8. The largest absolute Gasteiger partial charge is 0.325 e. The van der Waals surface area contributed by atoms with Gasteiger partial charge in [-0.25, -0.2) is 4.79 Å². The topological polar surface area (TPSA) is 61.8 Å². The normalized spacial score (nSPS) is 15.6. The van der Waals surface area contributed by atoms with Crippen molar-refractivity contribution >= 4 is 23.4 Å². The molecule has 1 aliphatic heterocycles. The number of hydrogen-bond donors (Lipinski definition) is 1. The van der Waals surface area contributed by atoms with Gasteiger partial charge in [0.25, 0.3) is 0 Å². The van der Waals surface area contributed by atoms with Crippen molar-refractivity contribution in [1.29, 1.82) is 0 Å². The van der Waals surface area contributed by atoms with Gasteiger partial charge in [-0.15, -0.1) is 0 Å². The highest BCUT2D eigenvalue weighted by Gasteiger charge is 2.13. The molecule has 1 aromatic rings. The molecular weight excluding hydrogens is 242 g/mol. The summed E-state index contributed by atoms with van der Waals surface area (Å²) < 4.78 is 0. The van der Waals surface area contributed by atoms with Gasteiger partial charge in [0.1, 0.15) is 0 Å². The molecule has 1 aromatic carbocycles. The molecule has 0 atom stereocenters. The van der Waals surface area contributed by atoms with Gasteiger partial charge in [-0.1, -0.05) is 6.42 Å². The fraction of sp³-hybridized carbons (Fsp3) is 0.429. The van der Waals surface area contributed by atoms with E-state index >= 15 is 0 Å². The molecule has 2 rings (SSSR count).